The van der Waals surface area contributed by atoms with E-state index >= 15 is 0 Å². The van der Waals surface area contributed by atoms with Gasteiger partial charge in [-0.3, -0.25) is 4.79 Å². The highest BCUT2D eigenvalue weighted by atomic mass is 16.7. The van der Waals surface area contributed by atoms with Gasteiger partial charge in [0.1, 0.15) is 17.7 Å². The van der Waals surface area contributed by atoms with Crippen LogP contribution in [0.2, 0.25) is 0 Å². The van der Waals surface area contributed by atoms with Gasteiger partial charge in [-0.15, -0.1) is 0 Å². The van der Waals surface area contributed by atoms with Crippen LogP contribution in [0.15, 0.2) is 35.4 Å². The molecule has 1 heterocycles. The zero-order valence-corrected chi connectivity index (χ0v) is 16.9. The Labute approximate surface area is 169 Å². The maximum atomic E-state index is 12.3. The average Bonchev–Trinajstić information content (AvgIpc) is 2.62. The molecule has 1 aliphatic heterocycles. The summed E-state index contributed by atoms with van der Waals surface area (Å²) in [5.41, 5.74) is 9.19. The van der Waals surface area contributed by atoms with Crippen molar-refractivity contribution in [2.24, 2.45) is 5.11 Å². The van der Waals surface area contributed by atoms with E-state index in [2.05, 4.69) is 15.3 Å². The van der Waals surface area contributed by atoms with Crippen LogP contribution >= 0.6 is 0 Å². The third kappa shape index (κ3) is 7.26. The standard InChI is InChI=1S/C19H26N4O6/c1-12(24)28-14-11-27-17(26-10-13-8-6-5-7-9-13)16(22-23-20)15(14)21-18(25)29-19(2,3)4/h5-9,14-17H,10-11H2,1-4H3,(H,21,25)/t14-,15+,16-,17-/m1/s1. The van der Waals surface area contributed by atoms with Gasteiger partial charge in [0.05, 0.1) is 19.3 Å². The Morgan fingerprint density at radius 2 is 2.00 bits per heavy atom. The molecule has 1 aliphatic rings. The molecule has 0 saturated carbocycles. The fraction of sp³-hybridized carbons (Fsp3) is 0.579. The lowest BCUT2D eigenvalue weighted by Crippen LogP contribution is -2.61. The van der Waals surface area contributed by atoms with Crippen LogP contribution < -0.4 is 5.32 Å². The van der Waals surface area contributed by atoms with E-state index in [0.717, 1.165) is 5.56 Å². The summed E-state index contributed by atoms with van der Waals surface area (Å²) in [4.78, 5) is 26.6. The number of amides is 1. The number of esters is 1. The summed E-state index contributed by atoms with van der Waals surface area (Å²) < 4.78 is 21.9. The number of carbonyl (C=O) groups is 2. The molecule has 1 aromatic carbocycles. The molecule has 1 aromatic rings. The third-order valence-electron chi connectivity index (χ3n) is 3.91. The Balaban J connectivity index is 2.18. The molecular formula is C19H26N4O6. The van der Waals surface area contributed by atoms with E-state index in [4.69, 9.17) is 24.5 Å². The van der Waals surface area contributed by atoms with Gasteiger partial charge in [0.2, 0.25) is 0 Å². The van der Waals surface area contributed by atoms with E-state index in [9.17, 15) is 9.59 Å². The zero-order chi connectivity index (χ0) is 21.4. The highest BCUT2D eigenvalue weighted by molar-refractivity contribution is 5.69. The second kappa shape index (κ2) is 10.1. The Kier molecular flexibility index (Phi) is 7.83. The van der Waals surface area contributed by atoms with Gasteiger partial charge in [0, 0.05) is 11.8 Å². The number of hydrogen-bond acceptors (Lipinski definition) is 7. The van der Waals surface area contributed by atoms with E-state index < -0.39 is 42.1 Å². The minimum Gasteiger partial charge on any atom is -0.458 e. The first-order valence-electron chi connectivity index (χ1n) is 9.17. The molecule has 0 aliphatic carbocycles. The van der Waals surface area contributed by atoms with E-state index in [0.29, 0.717) is 0 Å². The highest BCUT2D eigenvalue weighted by Gasteiger charge is 2.44. The number of benzene rings is 1. The molecule has 10 nitrogen and oxygen atoms in total. The summed E-state index contributed by atoms with van der Waals surface area (Å²) in [6, 6.07) is 7.51. The van der Waals surface area contributed by atoms with Gasteiger partial charge in [0.25, 0.3) is 0 Å². The Hall–Kier alpha value is -2.81. The van der Waals surface area contributed by atoms with Crippen LogP contribution in [0, 0.1) is 0 Å². The molecule has 4 atom stereocenters. The maximum Gasteiger partial charge on any atom is 0.408 e. The molecule has 29 heavy (non-hydrogen) atoms. The Morgan fingerprint density at radius 3 is 2.59 bits per heavy atom. The summed E-state index contributed by atoms with van der Waals surface area (Å²) in [6.07, 6.45) is -2.55. The number of carbonyl (C=O) groups excluding carboxylic acids is 2. The summed E-state index contributed by atoms with van der Waals surface area (Å²) in [6.45, 7) is 6.56. The summed E-state index contributed by atoms with van der Waals surface area (Å²) >= 11 is 0. The van der Waals surface area contributed by atoms with Crippen molar-refractivity contribution in [2.75, 3.05) is 6.61 Å². The van der Waals surface area contributed by atoms with Gasteiger partial charge in [-0.2, -0.15) is 0 Å². The minimum absolute atomic E-state index is 0.0447. The van der Waals surface area contributed by atoms with E-state index in [-0.39, 0.29) is 13.2 Å². The van der Waals surface area contributed by atoms with Crippen LogP contribution in [0.4, 0.5) is 4.79 Å². The van der Waals surface area contributed by atoms with Crippen LogP contribution in [-0.2, 0) is 30.3 Å². The molecule has 0 radical (unpaired) electrons. The molecular weight excluding hydrogens is 380 g/mol. The van der Waals surface area contributed by atoms with E-state index in [1.54, 1.807) is 20.8 Å². The molecule has 1 amide bonds. The SMILES string of the molecule is CC(=O)O[C@@H]1CO[C@@H](OCc2ccccc2)[C@H](N=[N+]=[N-])[C@H]1NC(=O)OC(C)(C)C. The van der Waals surface area contributed by atoms with Crippen LogP contribution in [0.5, 0.6) is 0 Å². The van der Waals surface area contributed by atoms with Crippen LogP contribution in [0.3, 0.4) is 0 Å². The Morgan fingerprint density at radius 1 is 1.31 bits per heavy atom. The monoisotopic (exact) mass is 406 g/mol. The fourth-order valence-corrected chi connectivity index (χ4v) is 2.81. The molecule has 1 saturated heterocycles. The number of nitrogens with zero attached hydrogens (tertiary/aromatic N) is 3. The average molecular weight is 406 g/mol. The van der Waals surface area contributed by atoms with Crippen molar-refractivity contribution in [3.8, 4) is 0 Å². The normalized spacial score (nSPS) is 24.1. The van der Waals surface area contributed by atoms with E-state index in [1.165, 1.54) is 6.92 Å². The molecule has 2 rings (SSSR count). The van der Waals surface area contributed by atoms with Gasteiger partial charge in [-0.05, 0) is 31.9 Å². The predicted molar refractivity (Wildman–Crippen MR) is 103 cm³/mol. The van der Waals surface area contributed by atoms with Crippen molar-refractivity contribution in [2.45, 2.75) is 64.4 Å². The third-order valence-corrected chi connectivity index (χ3v) is 3.91. The van der Waals surface area contributed by atoms with Gasteiger partial charge >= 0.3 is 12.1 Å². The molecule has 0 bridgehead atoms. The topological polar surface area (TPSA) is 132 Å². The van der Waals surface area contributed by atoms with E-state index in [1.807, 2.05) is 30.3 Å². The number of alkyl carbamates (subject to hydrolysis) is 1. The molecule has 1 fully saturated rings. The molecule has 0 spiro atoms. The van der Waals surface area contributed by atoms with Gasteiger partial charge in [-0.25, -0.2) is 4.79 Å². The van der Waals surface area contributed by atoms with Crippen molar-refractivity contribution in [3.63, 3.8) is 0 Å². The van der Waals surface area contributed by atoms with Crippen molar-refractivity contribution in [1.82, 2.24) is 5.32 Å². The predicted octanol–water partition coefficient (Wildman–Crippen LogP) is 3.06. The highest BCUT2D eigenvalue weighted by Crippen LogP contribution is 2.24. The number of rotatable bonds is 6. The lowest BCUT2D eigenvalue weighted by atomic mass is 9.99. The lowest BCUT2D eigenvalue weighted by Gasteiger charge is -2.40. The zero-order valence-electron chi connectivity index (χ0n) is 16.9. The van der Waals surface area contributed by atoms with Crippen LogP contribution in [0.1, 0.15) is 33.3 Å². The Bertz CT molecular complexity index is 745. The molecule has 158 valence electrons. The van der Waals surface area contributed by atoms with Crippen molar-refractivity contribution < 1.29 is 28.5 Å². The molecule has 0 unspecified atom stereocenters. The van der Waals surface area contributed by atoms with Gasteiger partial charge in [-0.1, -0.05) is 35.4 Å². The maximum absolute atomic E-state index is 12.3. The number of azide groups is 1. The summed E-state index contributed by atoms with van der Waals surface area (Å²) in [5.74, 6) is -0.557. The fourth-order valence-electron chi connectivity index (χ4n) is 2.81. The second-order valence-corrected chi connectivity index (χ2v) is 7.51. The second-order valence-electron chi connectivity index (χ2n) is 7.51. The smallest absolute Gasteiger partial charge is 0.408 e. The number of nitrogens with one attached hydrogen (secondary N) is 1. The first kappa shape index (κ1) is 22.5. The first-order chi connectivity index (χ1) is 13.7. The summed E-state index contributed by atoms with van der Waals surface area (Å²) in [5, 5.41) is 6.37. The minimum atomic E-state index is -0.977. The van der Waals surface area contributed by atoms with Crippen molar-refractivity contribution >= 4 is 12.1 Å². The molecule has 10 heteroatoms. The lowest BCUT2D eigenvalue weighted by molar-refractivity contribution is -0.216. The van der Waals surface area contributed by atoms with Crippen molar-refractivity contribution in [1.29, 1.82) is 0 Å². The largest absolute Gasteiger partial charge is 0.458 e. The quantitative estimate of drug-likeness (QED) is 0.334. The number of ether oxygens (including phenoxy) is 4. The van der Waals surface area contributed by atoms with Crippen LogP contribution in [-0.4, -0.2) is 48.7 Å². The van der Waals surface area contributed by atoms with Crippen LogP contribution in [0.25, 0.3) is 10.4 Å². The van der Waals surface area contributed by atoms with Gasteiger partial charge < -0.3 is 24.3 Å². The van der Waals surface area contributed by atoms with Crippen molar-refractivity contribution in [3.05, 3.63) is 46.3 Å². The summed E-state index contributed by atoms with van der Waals surface area (Å²) in [7, 11) is 0. The van der Waals surface area contributed by atoms with Gasteiger partial charge in [0.15, 0.2) is 6.29 Å². The number of hydrogen-bond donors (Lipinski definition) is 1. The molecule has 0 aromatic heterocycles. The molecule has 1 N–H and O–H groups in total. The first-order valence-corrected chi connectivity index (χ1v) is 9.17.